The van der Waals surface area contributed by atoms with Crippen LogP contribution in [-0.4, -0.2) is 5.91 Å². The molecule has 4 heteroatoms. The van der Waals surface area contributed by atoms with Crippen LogP contribution in [0, 0.1) is 17.2 Å². The quantitative estimate of drug-likeness (QED) is 0.904. The van der Waals surface area contributed by atoms with Crippen molar-refractivity contribution in [3.8, 4) is 6.07 Å². The maximum Gasteiger partial charge on any atom is 0.237 e. The van der Waals surface area contributed by atoms with Crippen LogP contribution in [0.25, 0.3) is 0 Å². The zero-order chi connectivity index (χ0) is 13.5. The minimum Gasteiger partial charge on any atom is -0.348 e. The Balaban J connectivity index is 2.64. The van der Waals surface area contributed by atoms with Crippen molar-refractivity contribution in [2.75, 3.05) is 0 Å². The minimum atomic E-state index is -0.548. The molecule has 0 bridgehead atoms. The summed E-state index contributed by atoms with van der Waals surface area (Å²) < 4.78 is 1.01. The number of carbonyl (C=O) groups is 1. The number of nitriles is 1. The van der Waals surface area contributed by atoms with Gasteiger partial charge in [0, 0.05) is 4.47 Å². The third kappa shape index (κ3) is 4.15. The van der Waals surface area contributed by atoms with Gasteiger partial charge in [0.15, 0.2) is 0 Å². The van der Waals surface area contributed by atoms with E-state index >= 15 is 0 Å². The predicted octanol–water partition coefficient (Wildman–Crippen LogP) is 3.57. The van der Waals surface area contributed by atoms with Crippen molar-refractivity contribution in [2.24, 2.45) is 5.92 Å². The predicted molar refractivity (Wildman–Crippen MR) is 74.7 cm³/mol. The Kier molecular flexibility index (Phi) is 5.87. The zero-order valence-electron chi connectivity index (χ0n) is 10.6. The van der Waals surface area contributed by atoms with Crippen LogP contribution in [-0.2, 0) is 4.79 Å². The summed E-state index contributed by atoms with van der Waals surface area (Å²) in [4.78, 5) is 11.9. The Morgan fingerprint density at radius 2 is 2.06 bits per heavy atom. The van der Waals surface area contributed by atoms with Crippen LogP contribution in [0.2, 0.25) is 0 Å². The van der Waals surface area contributed by atoms with E-state index in [0.29, 0.717) is 6.42 Å². The van der Waals surface area contributed by atoms with Gasteiger partial charge in [-0.1, -0.05) is 41.4 Å². The van der Waals surface area contributed by atoms with Crippen molar-refractivity contribution in [3.05, 3.63) is 34.3 Å². The third-order valence-corrected chi connectivity index (χ3v) is 3.31. The van der Waals surface area contributed by atoms with Gasteiger partial charge in [-0.05, 0) is 31.0 Å². The number of rotatable bonds is 5. The van der Waals surface area contributed by atoms with E-state index < -0.39 is 5.92 Å². The Hall–Kier alpha value is -1.34. The summed E-state index contributed by atoms with van der Waals surface area (Å²) in [5, 5.41) is 11.8. The summed E-state index contributed by atoms with van der Waals surface area (Å²) in [7, 11) is 0. The monoisotopic (exact) mass is 308 g/mol. The number of hydrogen-bond acceptors (Lipinski definition) is 2. The number of carbonyl (C=O) groups excluding carboxylic acids is 1. The first-order chi connectivity index (χ1) is 8.58. The Bertz CT molecular complexity index is 436. The summed E-state index contributed by atoms with van der Waals surface area (Å²) in [6.07, 6.45) is 1.44. The van der Waals surface area contributed by atoms with Crippen LogP contribution in [0.4, 0.5) is 0 Å². The summed E-state index contributed by atoms with van der Waals surface area (Å²) in [6.45, 7) is 3.89. The third-order valence-electron chi connectivity index (χ3n) is 2.78. The van der Waals surface area contributed by atoms with Crippen LogP contribution in [0.15, 0.2) is 28.7 Å². The first kappa shape index (κ1) is 14.7. The molecular weight excluding hydrogens is 292 g/mol. The van der Waals surface area contributed by atoms with E-state index in [1.165, 1.54) is 0 Å². The lowest BCUT2D eigenvalue weighted by atomic mass is 10.0. The molecule has 18 heavy (non-hydrogen) atoms. The Labute approximate surface area is 116 Å². The first-order valence-corrected chi connectivity index (χ1v) is 6.83. The summed E-state index contributed by atoms with van der Waals surface area (Å²) >= 11 is 3.37. The van der Waals surface area contributed by atoms with Gasteiger partial charge in [-0.15, -0.1) is 0 Å². The first-order valence-electron chi connectivity index (χ1n) is 6.04. The van der Waals surface area contributed by atoms with Gasteiger partial charge in [0.2, 0.25) is 5.91 Å². The van der Waals surface area contributed by atoms with E-state index in [2.05, 4.69) is 21.2 Å². The lowest BCUT2D eigenvalue weighted by Crippen LogP contribution is -2.32. The van der Waals surface area contributed by atoms with Crippen molar-refractivity contribution in [2.45, 2.75) is 32.7 Å². The van der Waals surface area contributed by atoms with Gasteiger partial charge in [-0.2, -0.15) is 5.26 Å². The van der Waals surface area contributed by atoms with Gasteiger partial charge in [0.1, 0.15) is 5.92 Å². The standard InChI is InChI=1S/C14H17BrN2O/c1-3-4-12(9-16)14(18)17-10(2)11-5-7-13(15)8-6-11/h5-8,10,12H,3-4H2,1-2H3,(H,17,18)/t10-,12?/m0/s1. The highest BCUT2D eigenvalue weighted by Crippen LogP contribution is 2.17. The summed E-state index contributed by atoms with van der Waals surface area (Å²) in [5.41, 5.74) is 1.03. The summed E-state index contributed by atoms with van der Waals surface area (Å²) in [5.74, 6) is -0.734. The molecule has 2 atom stereocenters. The zero-order valence-corrected chi connectivity index (χ0v) is 12.2. The van der Waals surface area contributed by atoms with Crippen molar-refractivity contribution in [1.82, 2.24) is 5.32 Å². The average molecular weight is 309 g/mol. The molecule has 0 aliphatic rings. The maximum absolute atomic E-state index is 11.9. The smallest absolute Gasteiger partial charge is 0.237 e. The number of halogens is 1. The second-order valence-corrected chi connectivity index (χ2v) is 5.17. The molecule has 1 aromatic rings. The van der Waals surface area contributed by atoms with Crippen LogP contribution in [0.5, 0.6) is 0 Å². The van der Waals surface area contributed by atoms with E-state index in [1.54, 1.807) is 0 Å². The number of hydrogen-bond donors (Lipinski definition) is 1. The second kappa shape index (κ2) is 7.17. The molecule has 1 unspecified atom stereocenters. The lowest BCUT2D eigenvalue weighted by Gasteiger charge is -2.16. The largest absolute Gasteiger partial charge is 0.348 e. The maximum atomic E-state index is 11.9. The number of benzene rings is 1. The van der Waals surface area contributed by atoms with Gasteiger partial charge < -0.3 is 5.32 Å². The van der Waals surface area contributed by atoms with Crippen LogP contribution in [0.3, 0.4) is 0 Å². The molecule has 96 valence electrons. The molecule has 0 aliphatic carbocycles. The SMILES string of the molecule is CCCC(C#N)C(=O)N[C@@H](C)c1ccc(Br)cc1. The molecule has 3 nitrogen and oxygen atoms in total. The van der Waals surface area contributed by atoms with Crippen molar-refractivity contribution in [3.63, 3.8) is 0 Å². The molecule has 0 spiro atoms. The molecule has 0 heterocycles. The van der Waals surface area contributed by atoms with E-state index in [1.807, 2.05) is 44.2 Å². The number of nitrogens with one attached hydrogen (secondary N) is 1. The van der Waals surface area contributed by atoms with Crippen LogP contribution < -0.4 is 5.32 Å². The fourth-order valence-corrected chi connectivity index (χ4v) is 1.96. The minimum absolute atomic E-state index is 0.0849. The van der Waals surface area contributed by atoms with Gasteiger partial charge in [-0.3, -0.25) is 4.79 Å². The Morgan fingerprint density at radius 3 is 2.56 bits per heavy atom. The molecule has 1 N–H and O–H groups in total. The lowest BCUT2D eigenvalue weighted by molar-refractivity contribution is -0.124. The average Bonchev–Trinajstić information content (AvgIpc) is 2.36. The van der Waals surface area contributed by atoms with Gasteiger partial charge in [0.25, 0.3) is 0 Å². The van der Waals surface area contributed by atoms with Crippen molar-refractivity contribution >= 4 is 21.8 Å². The highest BCUT2D eigenvalue weighted by molar-refractivity contribution is 9.10. The van der Waals surface area contributed by atoms with Crippen molar-refractivity contribution in [1.29, 1.82) is 5.26 Å². The highest BCUT2D eigenvalue weighted by atomic mass is 79.9. The highest BCUT2D eigenvalue weighted by Gasteiger charge is 2.18. The van der Waals surface area contributed by atoms with Gasteiger partial charge in [0.05, 0.1) is 12.1 Å². The van der Waals surface area contributed by atoms with Crippen molar-refractivity contribution < 1.29 is 4.79 Å². The van der Waals surface area contributed by atoms with Crippen LogP contribution in [0.1, 0.15) is 38.3 Å². The molecular formula is C14H17BrN2O. The fourth-order valence-electron chi connectivity index (χ4n) is 1.69. The molecule has 0 radical (unpaired) electrons. The topological polar surface area (TPSA) is 52.9 Å². The Morgan fingerprint density at radius 1 is 1.44 bits per heavy atom. The van der Waals surface area contributed by atoms with E-state index in [0.717, 1.165) is 16.5 Å². The number of nitrogens with zero attached hydrogens (tertiary/aromatic N) is 1. The molecule has 1 aromatic carbocycles. The molecule has 0 saturated heterocycles. The number of amides is 1. The van der Waals surface area contributed by atoms with E-state index in [4.69, 9.17) is 5.26 Å². The summed E-state index contributed by atoms with van der Waals surface area (Å²) in [6, 6.07) is 9.75. The molecule has 0 saturated carbocycles. The molecule has 1 rings (SSSR count). The van der Waals surface area contributed by atoms with E-state index in [9.17, 15) is 4.79 Å². The normalized spacial score (nSPS) is 13.4. The molecule has 1 amide bonds. The molecule has 0 aliphatic heterocycles. The van der Waals surface area contributed by atoms with Gasteiger partial charge >= 0.3 is 0 Å². The molecule has 0 aromatic heterocycles. The van der Waals surface area contributed by atoms with E-state index in [-0.39, 0.29) is 11.9 Å². The fraction of sp³-hybridized carbons (Fsp3) is 0.429. The second-order valence-electron chi connectivity index (χ2n) is 4.25. The van der Waals surface area contributed by atoms with Crippen LogP contribution >= 0.6 is 15.9 Å². The van der Waals surface area contributed by atoms with Gasteiger partial charge in [-0.25, -0.2) is 0 Å². The molecule has 0 fully saturated rings.